The van der Waals surface area contributed by atoms with Gasteiger partial charge in [0.2, 0.25) is 17.7 Å². The van der Waals surface area contributed by atoms with Gasteiger partial charge < -0.3 is 10.2 Å². The number of nitrogens with one attached hydrogen (secondary N) is 1. The molecule has 42 heavy (non-hydrogen) atoms. The average molecular weight is 599 g/mol. The Morgan fingerprint density at radius 1 is 0.905 bits per heavy atom. The molecule has 8 nitrogen and oxygen atoms in total. The third-order valence-electron chi connectivity index (χ3n) is 7.71. The Morgan fingerprint density at radius 3 is 2.29 bits per heavy atom. The molecule has 2 aliphatic rings. The van der Waals surface area contributed by atoms with Gasteiger partial charge >= 0.3 is 4.87 Å². The van der Waals surface area contributed by atoms with Crippen molar-refractivity contribution in [3.8, 4) is 0 Å². The maximum absolute atomic E-state index is 14.0. The summed E-state index contributed by atoms with van der Waals surface area (Å²) >= 11 is 2.27. The first-order valence-corrected chi connectivity index (χ1v) is 15.3. The molecule has 3 amide bonds. The summed E-state index contributed by atoms with van der Waals surface area (Å²) in [4.78, 5) is 58.1. The Balaban J connectivity index is 1.41. The number of rotatable bonds is 6. The van der Waals surface area contributed by atoms with Crippen LogP contribution in [0.3, 0.4) is 0 Å². The summed E-state index contributed by atoms with van der Waals surface area (Å²) in [5, 5.41) is 2.71. The van der Waals surface area contributed by atoms with Crippen molar-refractivity contribution in [3.63, 3.8) is 0 Å². The highest BCUT2D eigenvalue weighted by Gasteiger charge is 2.56. The lowest BCUT2D eigenvalue weighted by Gasteiger charge is -2.31. The van der Waals surface area contributed by atoms with E-state index in [1.807, 2.05) is 87.4 Å². The number of benzene rings is 3. The van der Waals surface area contributed by atoms with Crippen molar-refractivity contribution >= 4 is 57.9 Å². The van der Waals surface area contributed by atoms with Crippen molar-refractivity contribution in [2.24, 2.45) is 5.92 Å². The minimum atomic E-state index is -0.732. The second-order valence-corrected chi connectivity index (χ2v) is 13.0. The maximum Gasteiger partial charge on any atom is 0.308 e. The highest BCUT2D eigenvalue weighted by molar-refractivity contribution is 8.00. The van der Waals surface area contributed by atoms with Gasteiger partial charge in [0.15, 0.2) is 0 Å². The fourth-order valence-corrected chi connectivity index (χ4v) is 8.38. The number of imide groups is 1. The predicted molar refractivity (Wildman–Crippen MR) is 168 cm³/mol. The van der Waals surface area contributed by atoms with Crippen LogP contribution in [0.1, 0.15) is 27.5 Å². The van der Waals surface area contributed by atoms with Crippen LogP contribution in [0.4, 0.5) is 17.1 Å². The molecule has 1 saturated heterocycles. The number of amides is 3. The van der Waals surface area contributed by atoms with Gasteiger partial charge in [0.1, 0.15) is 11.8 Å². The van der Waals surface area contributed by atoms with E-state index in [0.717, 1.165) is 33.7 Å². The van der Waals surface area contributed by atoms with E-state index < -0.39 is 17.1 Å². The number of thioether (sulfide) groups is 1. The van der Waals surface area contributed by atoms with Crippen molar-refractivity contribution in [2.75, 3.05) is 29.2 Å². The molecule has 214 valence electrons. The van der Waals surface area contributed by atoms with Gasteiger partial charge in [0.05, 0.1) is 16.6 Å². The number of fused-ring (bicyclic) bond motifs is 2. The number of anilines is 3. The SMILES string of the molecule is Cc1ccc(N2C(=O)[C@H]3[C@H](c4ccc(N(C)C)cc4)c4sc(=O)n(CC(=O)Nc5cccc(C)c5)c4S[C@H]3C2=O)cc1. The Morgan fingerprint density at radius 2 is 1.62 bits per heavy atom. The van der Waals surface area contributed by atoms with E-state index in [0.29, 0.717) is 21.3 Å². The van der Waals surface area contributed by atoms with E-state index >= 15 is 0 Å². The summed E-state index contributed by atoms with van der Waals surface area (Å²) in [5.41, 5.74) is 5.06. The zero-order valence-corrected chi connectivity index (χ0v) is 25.3. The molecule has 1 fully saturated rings. The van der Waals surface area contributed by atoms with Crippen LogP contribution in [0.25, 0.3) is 0 Å². The van der Waals surface area contributed by atoms with Gasteiger partial charge in [0, 0.05) is 36.3 Å². The lowest BCUT2D eigenvalue weighted by atomic mass is 9.83. The van der Waals surface area contributed by atoms with Crippen molar-refractivity contribution in [2.45, 2.75) is 36.6 Å². The normalized spacial score (nSPS) is 19.4. The Labute approximate surface area is 252 Å². The number of carbonyl (C=O) groups excluding carboxylic acids is 3. The lowest BCUT2D eigenvalue weighted by molar-refractivity contribution is -0.122. The number of thiazole rings is 1. The standard InChI is InChI=1S/C32H30N4O4S2/c1-18-8-12-23(13-9-18)36-29(38)26-25(20-10-14-22(15-11-20)34(3)4)28-31(41-27(26)30(36)39)35(32(40)42-28)17-24(37)33-21-7-5-6-19(2)16-21/h5-16,25-27H,17H2,1-4H3,(H,33,37)/t25-,26-,27+/m0/s1. The van der Waals surface area contributed by atoms with Crippen LogP contribution >= 0.6 is 23.1 Å². The number of hydrogen-bond acceptors (Lipinski definition) is 7. The molecule has 0 unspecified atom stereocenters. The van der Waals surface area contributed by atoms with Gasteiger partial charge in [-0.3, -0.25) is 23.7 Å². The number of nitrogens with zero attached hydrogens (tertiary/aromatic N) is 3. The molecule has 10 heteroatoms. The summed E-state index contributed by atoms with van der Waals surface area (Å²) in [6.45, 7) is 3.69. The molecule has 6 rings (SSSR count). The van der Waals surface area contributed by atoms with Gasteiger partial charge in [-0.2, -0.15) is 0 Å². The molecule has 3 aromatic carbocycles. The van der Waals surface area contributed by atoms with E-state index in [-0.39, 0.29) is 29.1 Å². The smallest absolute Gasteiger partial charge is 0.308 e. The van der Waals surface area contributed by atoms with Gasteiger partial charge in [-0.15, -0.1) is 0 Å². The highest BCUT2D eigenvalue weighted by atomic mass is 32.2. The molecular weight excluding hydrogens is 569 g/mol. The van der Waals surface area contributed by atoms with Crippen molar-refractivity contribution in [1.29, 1.82) is 0 Å². The molecule has 0 radical (unpaired) electrons. The van der Waals surface area contributed by atoms with Gasteiger partial charge in [-0.05, 0) is 61.4 Å². The van der Waals surface area contributed by atoms with Crippen LogP contribution in [-0.4, -0.2) is 41.6 Å². The predicted octanol–water partition coefficient (Wildman–Crippen LogP) is 5.03. The second kappa shape index (κ2) is 10.9. The van der Waals surface area contributed by atoms with Crippen LogP contribution in [0.5, 0.6) is 0 Å². The quantitative estimate of drug-likeness (QED) is 0.313. The third-order valence-corrected chi connectivity index (χ3v) is 10.3. The minimum Gasteiger partial charge on any atom is -0.378 e. The third kappa shape index (κ3) is 4.94. The molecule has 0 bridgehead atoms. The van der Waals surface area contributed by atoms with Crippen LogP contribution in [0.15, 0.2) is 82.6 Å². The van der Waals surface area contributed by atoms with Gasteiger partial charge in [-0.25, -0.2) is 4.90 Å². The van der Waals surface area contributed by atoms with Crippen LogP contribution in [0.2, 0.25) is 0 Å². The maximum atomic E-state index is 14.0. The van der Waals surface area contributed by atoms with E-state index in [2.05, 4.69) is 5.32 Å². The molecule has 1 aromatic heterocycles. The topological polar surface area (TPSA) is 91.7 Å². The summed E-state index contributed by atoms with van der Waals surface area (Å²) in [6.07, 6.45) is 0. The fourth-order valence-electron chi connectivity index (χ4n) is 5.61. The van der Waals surface area contributed by atoms with Crippen molar-refractivity contribution in [3.05, 3.63) is 104 Å². The zero-order chi connectivity index (χ0) is 29.7. The first-order chi connectivity index (χ1) is 20.1. The largest absolute Gasteiger partial charge is 0.378 e. The Bertz CT molecular complexity index is 1760. The summed E-state index contributed by atoms with van der Waals surface area (Å²) in [7, 11) is 3.90. The molecule has 3 heterocycles. The molecule has 4 aromatic rings. The van der Waals surface area contributed by atoms with Gasteiger partial charge in [0.25, 0.3) is 0 Å². The number of aryl methyl sites for hydroxylation is 2. The van der Waals surface area contributed by atoms with Crippen molar-refractivity contribution in [1.82, 2.24) is 4.57 Å². The number of aromatic nitrogens is 1. The first kappa shape index (κ1) is 28.0. The summed E-state index contributed by atoms with van der Waals surface area (Å²) < 4.78 is 1.44. The zero-order valence-electron chi connectivity index (χ0n) is 23.7. The van der Waals surface area contributed by atoms with Gasteiger partial charge in [-0.1, -0.05) is 65.1 Å². The van der Waals surface area contributed by atoms with E-state index in [1.165, 1.54) is 21.2 Å². The molecule has 1 N–H and O–H groups in total. The Hall–Kier alpha value is -4.15. The highest BCUT2D eigenvalue weighted by Crippen LogP contribution is 2.54. The van der Waals surface area contributed by atoms with Crippen LogP contribution < -0.4 is 20.0 Å². The molecule has 2 aliphatic heterocycles. The van der Waals surface area contributed by atoms with Crippen molar-refractivity contribution < 1.29 is 14.4 Å². The molecule has 3 atom stereocenters. The van der Waals surface area contributed by atoms with Crippen LogP contribution in [-0.2, 0) is 20.9 Å². The molecule has 0 spiro atoms. The number of hydrogen-bond donors (Lipinski definition) is 1. The molecular formula is C32H30N4O4S2. The van der Waals surface area contributed by atoms with E-state index in [9.17, 15) is 19.2 Å². The Kier molecular flexibility index (Phi) is 7.28. The first-order valence-electron chi connectivity index (χ1n) is 13.6. The molecule has 0 saturated carbocycles. The fraction of sp³-hybridized carbons (Fsp3) is 0.250. The summed E-state index contributed by atoms with van der Waals surface area (Å²) in [6, 6.07) is 22.6. The monoisotopic (exact) mass is 598 g/mol. The molecule has 0 aliphatic carbocycles. The van der Waals surface area contributed by atoms with E-state index in [4.69, 9.17) is 0 Å². The number of carbonyl (C=O) groups is 3. The summed E-state index contributed by atoms with van der Waals surface area (Å²) in [5.74, 6) is -2.12. The average Bonchev–Trinajstić information content (AvgIpc) is 3.40. The minimum absolute atomic E-state index is 0.195. The second-order valence-electron chi connectivity index (χ2n) is 10.9. The van der Waals surface area contributed by atoms with E-state index in [1.54, 1.807) is 18.2 Å². The van der Waals surface area contributed by atoms with Crippen LogP contribution in [0, 0.1) is 19.8 Å². The lowest BCUT2D eigenvalue weighted by Crippen LogP contribution is -2.33.